The summed E-state index contributed by atoms with van der Waals surface area (Å²) in [6, 6.07) is 18.7. The molecule has 16 heteroatoms. The summed E-state index contributed by atoms with van der Waals surface area (Å²) in [5.41, 5.74) is 8.94. The predicted molar refractivity (Wildman–Crippen MR) is 277 cm³/mol. The van der Waals surface area contributed by atoms with Crippen LogP contribution in [0, 0.1) is 29.6 Å². The number of hydrogen-bond acceptors (Lipinski definition) is 10. The minimum atomic E-state index is -0.812. The average Bonchev–Trinajstić information content (AvgIpc) is 4.09. The SMILES string of the molecule is C=C=C[C@H](C)CN(Cc1nc2c(ccc3cc(-c4ccc5c(ccc6[nH]c([C@@H]7C(=C)[C@H](COCC8C=CC8)CN7C(=O)[C@@H](NC(=O)OC)C7CCOCC7)nc65)c4)ccc32)[nH]1)C(=O)[C@@H](NC(=O)OC)C(C)C. The quantitative estimate of drug-likeness (QED) is 0.0507. The molecular weight excluding hydrogens is 913 g/mol. The molecular formula is C56H64N8O8. The molecule has 0 bridgehead atoms. The van der Waals surface area contributed by atoms with Crippen molar-refractivity contribution in [3.05, 3.63) is 115 Å². The summed E-state index contributed by atoms with van der Waals surface area (Å²) in [5.74, 6) is 0.660. The van der Waals surface area contributed by atoms with Crippen molar-refractivity contribution in [3.8, 4) is 11.1 Å². The van der Waals surface area contributed by atoms with Gasteiger partial charge in [-0.25, -0.2) is 19.6 Å². The highest BCUT2D eigenvalue weighted by atomic mass is 16.5. The summed E-state index contributed by atoms with van der Waals surface area (Å²) >= 11 is 0. The maximum absolute atomic E-state index is 14.8. The van der Waals surface area contributed by atoms with E-state index in [2.05, 4.69) is 100 Å². The van der Waals surface area contributed by atoms with E-state index in [0.717, 1.165) is 66.7 Å². The van der Waals surface area contributed by atoms with Gasteiger partial charge in [0.15, 0.2) is 0 Å². The summed E-state index contributed by atoms with van der Waals surface area (Å²) in [6.07, 6.45) is 7.05. The molecule has 0 saturated carbocycles. The van der Waals surface area contributed by atoms with Crippen LogP contribution < -0.4 is 10.6 Å². The van der Waals surface area contributed by atoms with Crippen LogP contribution in [0.5, 0.6) is 0 Å². The lowest BCUT2D eigenvalue weighted by Crippen LogP contribution is -2.53. The molecule has 2 fully saturated rings. The third-order valence-corrected chi connectivity index (χ3v) is 14.4. The molecule has 1 aliphatic carbocycles. The van der Waals surface area contributed by atoms with Gasteiger partial charge in [0.2, 0.25) is 11.8 Å². The number of H-pyrrole nitrogens is 2. The predicted octanol–water partition coefficient (Wildman–Crippen LogP) is 8.90. The third-order valence-electron chi connectivity index (χ3n) is 14.4. The van der Waals surface area contributed by atoms with Crippen LogP contribution in [0.3, 0.4) is 0 Å². The molecule has 1 unspecified atom stereocenters. The first kappa shape index (κ1) is 49.7. The Kier molecular flexibility index (Phi) is 14.9. The Hall–Kier alpha value is -7.26. The van der Waals surface area contributed by atoms with Crippen molar-refractivity contribution in [2.24, 2.45) is 29.6 Å². The van der Waals surface area contributed by atoms with E-state index in [1.54, 1.807) is 9.80 Å². The first-order chi connectivity index (χ1) is 34.8. The Morgan fingerprint density at radius 1 is 0.889 bits per heavy atom. The fourth-order valence-electron chi connectivity index (χ4n) is 10.3. The molecule has 4 N–H and O–H groups in total. The summed E-state index contributed by atoms with van der Waals surface area (Å²) < 4.78 is 21.7. The Labute approximate surface area is 418 Å². The van der Waals surface area contributed by atoms with E-state index in [9.17, 15) is 19.2 Å². The highest BCUT2D eigenvalue weighted by Crippen LogP contribution is 2.42. The van der Waals surface area contributed by atoms with Crippen molar-refractivity contribution in [2.45, 2.75) is 64.7 Å². The second-order valence-electron chi connectivity index (χ2n) is 19.7. The molecule has 4 aromatic carbocycles. The number of alkyl carbamates (subject to hydrolysis) is 2. The maximum atomic E-state index is 14.8. The number of carbonyl (C=O) groups is 4. The van der Waals surface area contributed by atoms with E-state index in [1.807, 2.05) is 39.0 Å². The van der Waals surface area contributed by atoms with Gasteiger partial charge in [0.05, 0.1) is 56.0 Å². The van der Waals surface area contributed by atoms with Gasteiger partial charge in [0.25, 0.3) is 0 Å². The number of ether oxygens (including phenoxy) is 4. The van der Waals surface area contributed by atoms with Crippen LogP contribution in [-0.2, 0) is 35.1 Å². The number of imidazole rings is 2. The first-order valence-electron chi connectivity index (χ1n) is 24.8. The zero-order valence-corrected chi connectivity index (χ0v) is 41.7. The van der Waals surface area contributed by atoms with Crippen LogP contribution in [0.15, 0.2) is 103 Å². The summed E-state index contributed by atoms with van der Waals surface area (Å²) in [5, 5.41) is 9.50. The monoisotopic (exact) mass is 976 g/mol. The van der Waals surface area contributed by atoms with Crippen LogP contribution >= 0.6 is 0 Å². The van der Waals surface area contributed by atoms with Crippen molar-refractivity contribution < 1.29 is 38.1 Å². The zero-order chi connectivity index (χ0) is 50.6. The molecule has 2 aliphatic heterocycles. The topological polar surface area (TPSA) is 193 Å². The Morgan fingerprint density at radius 2 is 1.53 bits per heavy atom. The van der Waals surface area contributed by atoms with Gasteiger partial charge in [-0.15, -0.1) is 5.73 Å². The fourth-order valence-corrected chi connectivity index (χ4v) is 10.3. The minimum absolute atomic E-state index is 0.0443. The standard InChI is InChI=1S/C56H64N8O8/c1-8-10-33(4)27-63(53(65)47(32(2)3)61-55(67)69-6)29-46-57-44-19-15-39-25-37(13-17-42(39)49(44)59-46)38-14-18-43-40(26-38)16-20-45-50(43)60-52(58-45)51-34(5)41(31-72-30-35-11-9-12-35)28-64(51)54(66)48(62-56(68)70-7)36-21-23-71-24-22-36/h9-11,13-20,25-26,32-33,35-36,41,47-48,51H,1,5,12,21-24,27-31H2,2-4,6-7H3,(H,57,59)(H,58,60)(H,61,67)(H,62,68)/t33-,35?,41-,47-,48-,51-/m0/s1. The number of methoxy groups -OCH3 is 2. The summed E-state index contributed by atoms with van der Waals surface area (Å²) in [4.78, 5) is 74.5. The Balaban J connectivity index is 0.988. The van der Waals surface area contributed by atoms with E-state index in [1.165, 1.54) is 14.2 Å². The van der Waals surface area contributed by atoms with Crippen LogP contribution in [-0.4, -0.2) is 120 Å². The van der Waals surface area contributed by atoms with E-state index in [4.69, 9.17) is 28.9 Å². The van der Waals surface area contributed by atoms with Gasteiger partial charge in [0, 0.05) is 48.9 Å². The van der Waals surface area contributed by atoms with Gasteiger partial charge in [0.1, 0.15) is 29.8 Å². The van der Waals surface area contributed by atoms with E-state index in [0.29, 0.717) is 69.9 Å². The van der Waals surface area contributed by atoms with Crippen molar-refractivity contribution in [3.63, 3.8) is 0 Å². The molecule has 2 saturated heterocycles. The van der Waals surface area contributed by atoms with Gasteiger partial charge >= 0.3 is 12.2 Å². The average molecular weight is 977 g/mol. The number of hydrogen-bond donors (Lipinski definition) is 4. The maximum Gasteiger partial charge on any atom is 0.407 e. The van der Waals surface area contributed by atoms with Crippen LogP contribution in [0.4, 0.5) is 9.59 Å². The van der Waals surface area contributed by atoms with Crippen molar-refractivity contribution in [1.82, 2.24) is 40.4 Å². The molecule has 4 heterocycles. The molecule has 4 amide bonds. The lowest BCUT2D eigenvalue weighted by molar-refractivity contribution is -0.137. The van der Waals surface area contributed by atoms with Gasteiger partial charge in [-0.2, -0.15) is 0 Å². The number of rotatable bonds is 17. The van der Waals surface area contributed by atoms with E-state index in [-0.39, 0.29) is 42.0 Å². The van der Waals surface area contributed by atoms with E-state index >= 15 is 0 Å². The molecule has 0 spiro atoms. The molecule has 16 nitrogen and oxygen atoms in total. The molecule has 3 aliphatic rings. The molecule has 0 radical (unpaired) electrons. The number of carbonyl (C=O) groups excluding carboxylic acids is 4. The van der Waals surface area contributed by atoms with E-state index < -0.39 is 30.3 Å². The van der Waals surface area contributed by atoms with Gasteiger partial charge in [-0.1, -0.05) is 82.5 Å². The van der Waals surface area contributed by atoms with Crippen LogP contribution in [0.25, 0.3) is 54.7 Å². The molecule has 376 valence electrons. The molecule has 6 aromatic rings. The fraction of sp³-hybridized carbons (Fsp3) is 0.411. The smallest absolute Gasteiger partial charge is 0.407 e. The summed E-state index contributed by atoms with van der Waals surface area (Å²) in [6.45, 7) is 17.0. The van der Waals surface area contributed by atoms with Gasteiger partial charge < -0.3 is 49.3 Å². The molecule has 9 rings (SSSR count). The number of allylic oxidation sites excluding steroid dienone is 1. The lowest BCUT2D eigenvalue weighted by atomic mass is 9.90. The molecule has 2 aromatic heterocycles. The molecule has 72 heavy (non-hydrogen) atoms. The van der Waals surface area contributed by atoms with Gasteiger partial charge in [-0.05, 0) is 94.8 Å². The third kappa shape index (κ3) is 10.4. The number of aromatic amines is 2. The highest BCUT2D eigenvalue weighted by Gasteiger charge is 2.45. The van der Waals surface area contributed by atoms with Crippen molar-refractivity contribution in [1.29, 1.82) is 0 Å². The van der Waals surface area contributed by atoms with Crippen LogP contribution in [0.2, 0.25) is 0 Å². The summed E-state index contributed by atoms with van der Waals surface area (Å²) in [7, 11) is 2.58. The largest absolute Gasteiger partial charge is 0.453 e. The first-order valence-corrected chi connectivity index (χ1v) is 24.8. The second-order valence-corrected chi connectivity index (χ2v) is 19.7. The van der Waals surface area contributed by atoms with Gasteiger partial charge in [-0.3, -0.25) is 9.59 Å². The minimum Gasteiger partial charge on any atom is -0.453 e. The number of fused-ring (bicyclic) bond motifs is 6. The normalized spacial score (nSPS) is 19.3. The number of nitrogens with zero attached hydrogens (tertiary/aromatic N) is 4. The number of nitrogens with one attached hydrogen (secondary N) is 4. The highest BCUT2D eigenvalue weighted by molar-refractivity contribution is 6.07. The van der Waals surface area contributed by atoms with Crippen molar-refractivity contribution in [2.75, 3.05) is 53.7 Å². The number of aromatic nitrogens is 4. The zero-order valence-electron chi connectivity index (χ0n) is 41.7. The Bertz CT molecular complexity index is 3110. The lowest BCUT2D eigenvalue weighted by Gasteiger charge is -2.34. The number of amides is 4. The molecule has 6 atom stereocenters. The second kappa shape index (κ2) is 21.6. The number of benzene rings is 4. The Morgan fingerprint density at radius 3 is 2.14 bits per heavy atom. The number of likely N-dealkylation sites (tertiary alicyclic amines) is 1. The van der Waals surface area contributed by atoms with Crippen LogP contribution in [0.1, 0.15) is 57.7 Å². The van der Waals surface area contributed by atoms with Crippen molar-refractivity contribution >= 4 is 67.6 Å².